The summed E-state index contributed by atoms with van der Waals surface area (Å²) in [6.07, 6.45) is 1.86. The number of hydrogen-bond acceptors (Lipinski definition) is 2. The number of carbonyl (C=O) groups excluding carboxylic acids is 2. The van der Waals surface area contributed by atoms with Crippen molar-refractivity contribution in [3.8, 4) is 0 Å². The molecule has 0 saturated heterocycles. The number of quaternary nitrogens is 1. The summed E-state index contributed by atoms with van der Waals surface area (Å²) in [5, 5.41) is 6.20. The molecule has 0 radical (unpaired) electrons. The molecule has 0 aliphatic carbocycles. The van der Waals surface area contributed by atoms with Gasteiger partial charge in [0.05, 0.1) is 13.1 Å². The smallest absolute Gasteiger partial charge is 0.279 e. The van der Waals surface area contributed by atoms with Crippen molar-refractivity contribution < 1.29 is 14.5 Å². The van der Waals surface area contributed by atoms with Crippen molar-refractivity contribution >= 4 is 17.5 Å². The van der Waals surface area contributed by atoms with Crippen LogP contribution < -0.4 is 15.5 Å². The summed E-state index contributed by atoms with van der Waals surface area (Å²) in [5.74, 6) is -0.124. The second-order valence-corrected chi connectivity index (χ2v) is 8.33. The Labute approximate surface area is 180 Å². The van der Waals surface area contributed by atoms with Crippen molar-refractivity contribution in [2.75, 3.05) is 18.9 Å². The number of likely N-dealkylation sites (N-methyl/N-ethyl adjacent to an activating group) is 1. The third kappa shape index (κ3) is 6.42. The Balaban J connectivity index is 1.98. The molecule has 2 aromatic carbocycles. The Morgan fingerprint density at radius 1 is 1.03 bits per heavy atom. The van der Waals surface area contributed by atoms with Gasteiger partial charge in [0.2, 0.25) is 0 Å². The lowest BCUT2D eigenvalue weighted by Crippen LogP contribution is -3.15. The molecule has 0 bridgehead atoms. The van der Waals surface area contributed by atoms with Gasteiger partial charge in [-0.3, -0.25) is 9.59 Å². The molecule has 162 valence electrons. The minimum atomic E-state index is -0.334. The highest BCUT2D eigenvalue weighted by atomic mass is 16.2. The summed E-state index contributed by atoms with van der Waals surface area (Å²) in [6.45, 7) is 10.3. The van der Waals surface area contributed by atoms with Gasteiger partial charge in [0.15, 0.2) is 12.6 Å². The lowest BCUT2D eigenvalue weighted by molar-refractivity contribution is -0.885. The zero-order valence-corrected chi connectivity index (χ0v) is 19.1. The molecule has 0 aliphatic rings. The van der Waals surface area contributed by atoms with Gasteiger partial charge in [-0.15, -0.1) is 0 Å². The topological polar surface area (TPSA) is 62.6 Å². The summed E-state index contributed by atoms with van der Waals surface area (Å²) in [5.41, 5.74) is 5.25. The predicted molar refractivity (Wildman–Crippen MR) is 123 cm³/mol. The Bertz CT molecular complexity index is 841. The van der Waals surface area contributed by atoms with Crippen LogP contribution in [0.5, 0.6) is 0 Å². The highest BCUT2D eigenvalue weighted by Crippen LogP contribution is 2.21. The summed E-state index contributed by atoms with van der Waals surface area (Å²) in [4.78, 5) is 26.3. The number of nitrogens with one attached hydrogen (secondary N) is 3. The van der Waals surface area contributed by atoms with Gasteiger partial charge in [-0.2, -0.15) is 0 Å². The van der Waals surface area contributed by atoms with Crippen LogP contribution in [0.2, 0.25) is 0 Å². The molecule has 0 fully saturated rings. The Morgan fingerprint density at radius 3 is 2.20 bits per heavy atom. The maximum atomic E-state index is 12.9. The molecular formula is C25H36N3O2+. The molecule has 1 unspecified atom stereocenters. The van der Waals surface area contributed by atoms with Crippen molar-refractivity contribution in [1.82, 2.24) is 5.32 Å². The van der Waals surface area contributed by atoms with Crippen LogP contribution in [0.1, 0.15) is 55.0 Å². The SMILES string of the molecule is CCC[C@H](NC(=O)[C@@H](C)[NH+](C)CC(=O)Nc1c(C)cc(C)cc1C)c1ccccc1. The van der Waals surface area contributed by atoms with E-state index < -0.39 is 0 Å². The van der Waals surface area contributed by atoms with Crippen molar-refractivity contribution in [3.05, 3.63) is 64.7 Å². The van der Waals surface area contributed by atoms with Crippen LogP contribution in [0.25, 0.3) is 0 Å². The molecule has 30 heavy (non-hydrogen) atoms. The van der Waals surface area contributed by atoms with Gasteiger partial charge >= 0.3 is 0 Å². The number of amides is 2. The maximum Gasteiger partial charge on any atom is 0.279 e. The van der Waals surface area contributed by atoms with Gasteiger partial charge in [-0.25, -0.2) is 0 Å². The fourth-order valence-electron chi connectivity index (χ4n) is 3.78. The highest BCUT2D eigenvalue weighted by Gasteiger charge is 2.26. The number of rotatable bonds is 9. The molecule has 0 saturated carbocycles. The summed E-state index contributed by atoms with van der Waals surface area (Å²) in [6, 6.07) is 13.8. The van der Waals surface area contributed by atoms with Crippen LogP contribution >= 0.6 is 0 Å². The van der Waals surface area contributed by atoms with E-state index in [1.165, 1.54) is 5.56 Å². The average molecular weight is 411 g/mol. The van der Waals surface area contributed by atoms with Crippen LogP contribution in [0.4, 0.5) is 5.69 Å². The standard InChI is InChI=1S/C25H35N3O2/c1-7-11-22(21-12-9-8-10-13-21)26-25(30)20(5)28(6)16-23(29)27-24-18(3)14-17(2)15-19(24)4/h8-10,12-15,20,22H,7,11,16H2,1-6H3,(H,26,30)(H,27,29)/p+1/t20-,22+/m1/s1. The highest BCUT2D eigenvalue weighted by molar-refractivity contribution is 5.93. The minimum absolute atomic E-state index is 0.00867. The number of benzene rings is 2. The number of hydrogen-bond donors (Lipinski definition) is 3. The molecule has 0 spiro atoms. The fraction of sp³-hybridized carbons (Fsp3) is 0.440. The molecule has 2 aromatic rings. The third-order valence-corrected chi connectivity index (χ3v) is 5.61. The second-order valence-electron chi connectivity index (χ2n) is 8.33. The molecule has 5 nitrogen and oxygen atoms in total. The summed E-state index contributed by atoms with van der Waals surface area (Å²) in [7, 11) is 1.88. The molecule has 3 N–H and O–H groups in total. The third-order valence-electron chi connectivity index (χ3n) is 5.61. The van der Waals surface area contributed by atoms with Gasteiger partial charge < -0.3 is 15.5 Å². The Kier molecular flexibility index (Phi) is 8.60. The zero-order valence-electron chi connectivity index (χ0n) is 19.1. The quantitative estimate of drug-likeness (QED) is 0.595. The van der Waals surface area contributed by atoms with E-state index in [4.69, 9.17) is 0 Å². The normalized spacial score (nSPS) is 13.9. The maximum absolute atomic E-state index is 12.9. The van der Waals surface area contributed by atoms with Crippen LogP contribution in [-0.2, 0) is 9.59 Å². The molecule has 0 heterocycles. The largest absolute Gasteiger partial charge is 0.344 e. The van der Waals surface area contributed by atoms with Crippen molar-refractivity contribution in [3.63, 3.8) is 0 Å². The van der Waals surface area contributed by atoms with Crippen LogP contribution in [0.15, 0.2) is 42.5 Å². The van der Waals surface area contributed by atoms with Crippen molar-refractivity contribution in [2.24, 2.45) is 0 Å². The lowest BCUT2D eigenvalue weighted by Gasteiger charge is -2.24. The number of aryl methyl sites for hydroxylation is 3. The van der Waals surface area contributed by atoms with E-state index in [0.29, 0.717) is 0 Å². The first-order valence-electron chi connectivity index (χ1n) is 10.8. The van der Waals surface area contributed by atoms with E-state index >= 15 is 0 Å². The van der Waals surface area contributed by atoms with Crippen LogP contribution in [-0.4, -0.2) is 31.4 Å². The van der Waals surface area contributed by atoms with E-state index in [0.717, 1.165) is 40.1 Å². The molecule has 3 atom stereocenters. The van der Waals surface area contributed by atoms with Gasteiger partial charge in [-0.1, -0.05) is 61.4 Å². The summed E-state index contributed by atoms with van der Waals surface area (Å²) < 4.78 is 0. The van der Waals surface area contributed by atoms with E-state index in [2.05, 4.69) is 29.7 Å². The number of carbonyl (C=O) groups is 2. The first kappa shape index (κ1) is 23.6. The van der Waals surface area contributed by atoms with E-state index in [-0.39, 0.29) is 30.4 Å². The van der Waals surface area contributed by atoms with Crippen molar-refractivity contribution in [2.45, 2.75) is 59.5 Å². The van der Waals surface area contributed by atoms with E-state index in [1.807, 2.05) is 65.1 Å². The van der Waals surface area contributed by atoms with E-state index in [1.54, 1.807) is 0 Å². The van der Waals surface area contributed by atoms with Crippen LogP contribution in [0.3, 0.4) is 0 Å². The fourth-order valence-corrected chi connectivity index (χ4v) is 3.78. The molecule has 5 heteroatoms. The van der Waals surface area contributed by atoms with Gasteiger partial charge in [0.25, 0.3) is 11.8 Å². The zero-order chi connectivity index (χ0) is 22.3. The predicted octanol–water partition coefficient (Wildman–Crippen LogP) is 3.11. The molecule has 2 amide bonds. The molecular weight excluding hydrogens is 374 g/mol. The molecule has 0 aromatic heterocycles. The molecule has 2 rings (SSSR count). The molecule has 0 aliphatic heterocycles. The van der Waals surface area contributed by atoms with Gasteiger partial charge in [0.1, 0.15) is 0 Å². The van der Waals surface area contributed by atoms with Gasteiger partial charge in [0, 0.05) is 5.69 Å². The summed E-state index contributed by atoms with van der Waals surface area (Å²) >= 11 is 0. The number of anilines is 1. The lowest BCUT2D eigenvalue weighted by atomic mass is 10.0. The Morgan fingerprint density at radius 2 is 1.63 bits per heavy atom. The second kappa shape index (κ2) is 10.9. The van der Waals surface area contributed by atoms with Crippen LogP contribution in [0, 0.1) is 20.8 Å². The van der Waals surface area contributed by atoms with Gasteiger partial charge in [-0.05, 0) is 50.8 Å². The first-order valence-corrected chi connectivity index (χ1v) is 10.8. The minimum Gasteiger partial charge on any atom is -0.344 e. The van der Waals surface area contributed by atoms with Crippen molar-refractivity contribution in [1.29, 1.82) is 0 Å². The van der Waals surface area contributed by atoms with E-state index in [9.17, 15) is 9.59 Å². The first-order chi connectivity index (χ1) is 14.2. The monoisotopic (exact) mass is 410 g/mol. The Hall–Kier alpha value is -2.66. The average Bonchev–Trinajstić information content (AvgIpc) is 2.70.